The van der Waals surface area contributed by atoms with Crippen LogP contribution >= 0.6 is 0 Å². The molecule has 1 N–H and O–H groups in total. The van der Waals surface area contributed by atoms with Gasteiger partial charge in [-0.25, -0.2) is 4.79 Å². The standard InChI is InChI=1S/C19H22N2O3.CH2O2/c1-20(2)19(22)21-17(14-7-5-4-6-8-14)13-24-18(21)15-9-11-16(23-3)12-10-15;2-1-3/h4-12,17-18H,13H2,1-3H3;1H,(H,2,3). The van der Waals surface area contributed by atoms with Crippen molar-refractivity contribution < 1.29 is 24.2 Å². The van der Waals surface area contributed by atoms with Crippen LogP contribution in [0.25, 0.3) is 0 Å². The Morgan fingerprint density at radius 2 is 1.74 bits per heavy atom. The van der Waals surface area contributed by atoms with Gasteiger partial charge in [-0.05, 0) is 17.7 Å². The number of urea groups is 1. The minimum atomic E-state index is -0.406. The number of hydrogen-bond acceptors (Lipinski definition) is 4. The first-order valence-corrected chi connectivity index (χ1v) is 8.41. The van der Waals surface area contributed by atoms with Crippen LogP contribution < -0.4 is 4.74 Å². The molecule has 27 heavy (non-hydrogen) atoms. The quantitative estimate of drug-likeness (QED) is 0.838. The number of rotatable bonds is 3. The van der Waals surface area contributed by atoms with Crippen LogP contribution in [0.2, 0.25) is 0 Å². The van der Waals surface area contributed by atoms with Gasteiger partial charge in [-0.3, -0.25) is 9.69 Å². The molecule has 2 aromatic rings. The van der Waals surface area contributed by atoms with Crippen molar-refractivity contribution >= 4 is 12.5 Å². The first-order chi connectivity index (χ1) is 13.0. The van der Waals surface area contributed by atoms with Gasteiger partial charge in [-0.1, -0.05) is 42.5 Å². The maximum atomic E-state index is 12.8. The van der Waals surface area contributed by atoms with E-state index < -0.39 is 6.23 Å². The number of carbonyl (C=O) groups is 2. The summed E-state index contributed by atoms with van der Waals surface area (Å²) in [6.07, 6.45) is -0.406. The van der Waals surface area contributed by atoms with E-state index in [-0.39, 0.29) is 18.5 Å². The van der Waals surface area contributed by atoms with Crippen LogP contribution in [-0.4, -0.2) is 55.2 Å². The second-order valence-electron chi connectivity index (χ2n) is 6.08. The third-order valence-electron chi connectivity index (χ3n) is 4.19. The fourth-order valence-electron chi connectivity index (χ4n) is 2.93. The fraction of sp³-hybridized carbons (Fsp3) is 0.300. The Hall–Kier alpha value is -3.06. The van der Waals surface area contributed by atoms with Crippen molar-refractivity contribution in [1.82, 2.24) is 9.80 Å². The number of carbonyl (C=O) groups excluding carboxylic acids is 1. The highest BCUT2D eigenvalue weighted by molar-refractivity contribution is 5.75. The van der Waals surface area contributed by atoms with Crippen LogP contribution in [0.15, 0.2) is 54.6 Å². The molecule has 2 atom stereocenters. The van der Waals surface area contributed by atoms with Crippen LogP contribution in [0.1, 0.15) is 23.4 Å². The van der Waals surface area contributed by atoms with Crippen molar-refractivity contribution in [3.05, 3.63) is 65.7 Å². The molecule has 1 heterocycles. The third kappa shape index (κ3) is 4.77. The molecule has 0 aromatic heterocycles. The van der Waals surface area contributed by atoms with Gasteiger partial charge in [0.25, 0.3) is 6.47 Å². The molecule has 1 saturated heterocycles. The van der Waals surface area contributed by atoms with Crippen molar-refractivity contribution in [3.8, 4) is 5.75 Å². The average molecular weight is 372 g/mol. The average Bonchev–Trinajstić information content (AvgIpc) is 3.13. The van der Waals surface area contributed by atoms with Crippen LogP contribution in [0, 0.1) is 0 Å². The Bertz CT molecular complexity index is 734. The third-order valence-corrected chi connectivity index (χ3v) is 4.19. The van der Waals surface area contributed by atoms with E-state index in [1.807, 2.05) is 54.6 Å². The molecule has 144 valence electrons. The van der Waals surface area contributed by atoms with Crippen molar-refractivity contribution in [2.24, 2.45) is 0 Å². The molecule has 0 radical (unpaired) electrons. The molecule has 2 unspecified atom stereocenters. The van der Waals surface area contributed by atoms with E-state index in [9.17, 15) is 4.79 Å². The molecule has 0 saturated carbocycles. The zero-order valence-corrected chi connectivity index (χ0v) is 15.6. The predicted octanol–water partition coefficient (Wildman–Crippen LogP) is 3.15. The molecule has 1 aliphatic rings. The van der Waals surface area contributed by atoms with Crippen molar-refractivity contribution in [3.63, 3.8) is 0 Å². The van der Waals surface area contributed by atoms with E-state index in [4.69, 9.17) is 19.4 Å². The van der Waals surface area contributed by atoms with Crippen molar-refractivity contribution in [1.29, 1.82) is 0 Å². The summed E-state index contributed by atoms with van der Waals surface area (Å²) in [5.74, 6) is 0.779. The normalized spacial score (nSPS) is 18.3. The largest absolute Gasteiger partial charge is 0.497 e. The lowest BCUT2D eigenvalue weighted by atomic mass is 10.1. The summed E-state index contributed by atoms with van der Waals surface area (Å²) >= 11 is 0. The minimum absolute atomic E-state index is 0.0674. The van der Waals surface area contributed by atoms with Gasteiger partial charge < -0.3 is 19.5 Å². The van der Waals surface area contributed by atoms with E-state index in [0.29, 0.717) is 6.61 Å². The monoisotopic (exact) mass is 372 g/mol. The number of carboxylic acid groups (broad SMARTS) is 1. The summed E-state index contributed by atoms with van der Waals surface area (Å²) in [4.78, 5) is 24.5. The minimum Gasteiger partial charge on any atom is -0.497 e. The maximum absolute atomic E-state index is 12.8. The van der Waals surface area contributed by atoms with Crippen molar-refractivity contribution in [2.45, 2.75) is 12.3 Å². The summed E-state index contributed by atoms with van der Waals surface area (Å²) in [6, 6.07) is 17.5. The second kappa shape index (κ2) is 9.59. The zero-order valence-electron chi connectivity index (χ0n) is 15.6. The van der Waals surface area contributed by atoms with Gasteiger partial charge in [-0.15, -0.1) is 0 Å². The molecule has 1 fully saturated rings. The number of benzene rings is 2. The summed E-state index contributed by atoms with van der Waals surface area (Å²) < 4.78 is 11.2. The van der Waals surface area contributed by atoms with E-state index in [2.05, 4.69) is 0 Å². The number of amides is 2. The molecule has 0 aliphatic carbocycles. The van der Waals surface area contributed by atoms with E-state index in [1.54, 1.807) is 31.0 Å². The molecule has 2 aromatic carbocycles. The van der Waals surface area contributed by atoms with Gasteiger partial charge >= 0.3 is 6.03 Å². The Morgan fingerprint density at radius 3 is 2.26 bits per heavy atom. The molecule has 3 rings (SSSR count). The van der Waals surface area contributed by atoms with E-state index in [1.165, 1.54) is 0 Å². The lowest BCUT2D eigenvalue weighted by Crippen LogP contribution is -2.40. The molecule has 7 heteroatoms. The highest BCUT2D eigenvalue weighted by Gasteiger charge is 2.40. The number of ether oxygens (including phenoxy) is 2. The van der Waals surface area contributed by atoms with Gasteiger partial charge in [0.05, 0.1) is 19.8 Å². The highest BCUT2D eigenvalue weighted by Crippen LogP contribution is 2.39. The first kappa shape index (κ1) is 20.3. The smallest absolute Gasteiger partial charge is 0.322 e. The predicted molar refractivity (Wildman–Crippen MR) is 100 cm³/mol. The van der Waals surface area contributed by atoms with Crippen LogP contribution in [0.4, 0.5) is 4.79 Å². The lowest BCUT2D eigenvalue weighted by Gasteiger charge is -2.31. The van der Waals surface area contributed by atoms with Gasteiger partial charge in [0.15, 0.2) is 6.23 Å². The Balaban J connectivity index is 0.000000817. The number of nitrogens with zero attached hydrogens (tertiary/aromatic N) is 2. The first-order valence-electron chi connectivity index (χ1n) is 8.41. The second-order valence-corrected chi connectivity index (χ2v) is 6.08. The summed E-state index contributed by atoms with van der Waals surface area (Å²) in [5.41, 5.74) is 2.01. The van der Waals surface area contributed by atoms with Crippen LogP contribution in [-0.2, 0) is 9.53 Å². The summed E-state index contributed by atoms with van der Waals surface area (Å²) in [5, 5.41) is 6.89. The SMILES string of the molecule is COc1ccc(C2OCC(c3ccccc3)N2C(=O)N(C)C)cc1.O=CO. The van der Waals surface area contributed by atoms with Gasteiger partial charge in [0.2, 0.25) is 0 Å². The molecule has 7 nitrogen and oxygen atoms in total. The van der Waals surface area contributed by atoms with E-state index >= 15 is 0 Å². The Kier molecular flexibility index (Phi) is 7.19. The number of hydrogen-bond donors (Lipinski definition) is 1. The Morgan fingerprint density at radius 1 is 1.15 bits per heavy atom. The zero-order chi connectivity index (χ0) is 19.8. The molecule has 1 aliphatic heterocycles. The Labute approximate surface area is 158 Å². The fourth-order valence-corrected chi connectivity index (χ4v) is 2.93. The maximum Gasteiger partial charge on any atom is 0.322 e. The summed E-state index contributed by atoms with van der Waals surface area (Å²) in [6.45, 7) is 0.223. The molecule has 0 bridgehead atoms. The van der Waals surface area contributed by atoms with Crippen LogP contribution in [0.3, 0.4) is 0 Å². The lowest BCUT2D eigenvalue weighted by molar-refractivity contribution is -0.122. The molecular weight excluding hydrogens is 348 g/mol. The van der Waals surface area contributed by atoms with Gasteiger partial charge in [-0.2, -0.15) is 0 Å². The highest BCUT2D eigenvalue weighted by atomic mass is 16.5. The molecule has 0 spiro atoms. The molecule has 2 amide bonds. The summed E-state index contributed by atoms with van der Waals surface area (Å²) in [7, 11) is 5.15. The van der Waals surface area contributed by atoms with Gasteiger partial charge in [0.1, 0.15) is 5.75 Å². The topological polar surface area (TPSA) is 79.3 Å². The number of methoxy groups -OCH3 is 1. The van der Waals surface area contributed by atoms with Crippen LogP contribution in [0.5, 0.6) is 5.75 Å². The van der Waals surface area contributed by atoms with Crippen molar-refractivity contribution in [2.75, 3.05) is 27.8 Å². The van der Waals surface area contributed by atoms with E-state index in [0.717, 1.165) is 16.9 Å². The van der Waals surface area contributed by atoms with Gasteiger partial charge in [0, 0.05) is 19.7 Å². The molecular formula is C20H24N2O5.